The smallest absolute Gasteiger partial charge is 0.322 e. The first-order chi connectivity index (χ1) is 7.20. The van der Waals surface area contributed by atoms with Crippen LogP contribution in [0.3, 0.4) is 0 Å². The normalized spacial score (nSPS) is 25.5. The summed E-state index contributed by atoms with van der Waals surface area (Å²) in [5.41, 5.74) is 0. The Balaban J connectivity index is 2.01. The highest BCUT2D eigenvalue weighted by molar-refractivity contribution is 9.10. The maximum absolute atomic E-state index is 11.3. The van der Waals surface area contributed by atoms with E-state index in [-0.39, 0.29) is 17.9 Å². The van der Waals surface area contributed by atoms with Crippen LogP contribution >= 0.6 is 15.9 Å². The number of ether oxygens (including phenoxy) is 1. The van der Waals surface area contributed by atoms with Gasteiger partial charge in [-0.2, -0.15) is 0 Å². The number of carbonyl (C=O) groups is 1. The quantitative estimate of drug-likeness (QED) is 0.833. The minimum Gasteiger partial charge on any atom is -0.468 e. The van der Waals surface area contributed by atoms with Crippen molar-refractivity contribution in [1.82, 2.24) is 5.32 Å². The number of carbonyl (C=O) groups excluding carboxylic acids is 1. The molecule has 0 aliphatic carbocycles. The Labute approximate surface area is 96.1 Å². The molecule has 1 saturated heterocycles. The molecular formula is C10H12BrNO3. The lowest BCUT2D eigenvalue weighted by atomic mass is 10.0. The van der Waals surface area contributed by atoms with E-state index < -0.39 is 0 Å². The van der Waals surface area contributed by atoms with E-state index in [2.05, 4.69) is 26.0 Å². The first-order valence-electron chi connectivity index (χ1n) is 4.77. The summed E-state index contributed by atoms with van der Waals surface area (Å²) < 4.78 is 10.9. The summed E-state index contributed by atoms with van der Waals surface area (Å²) in [6.45, 7) is 0.750. The van der Waals surface area contributed by atoms with Crippen LogP contribution in [0.25, 0.3) is 0 Å². The largest absolute Gasteiger partial charge is 0.468 e. The van der Waals surface area contributed by atoms with E-state index in [0.29, 0.717) is 0 Å². The molecule has 5 heteroatoms. The van der Waals surface area contributed by atoms with E-state index in [4.69, 9.17) is 4.42 Å². The Kier molecular flexibility index (Phi) is 3.11. The van der Waals surface area contributed by atoms with Crippen molar-refractivity contribution < 1.29 is 13.9 Å². The number of rotatable bonds is 2. The first kappa shape index (κ1) is 10.7. The van der Waals surface area contributed by atoms with E-state index in [0.717, 1.165) is 23.4 Å². The van der Waals surface area contributed by atoms with Gasteiger partial charge >= 0.3 is 5.97 Å². The van der Waals surface area contributed by atoms with Crippen molar-refractivity contribution in [3.8, 4) is 0 Å². The lowest BCUT2D eigenvalue weighted by molar-refractivity contribution is -0.142. The highest BCUT2D eigenvalue weighted by Gasteiger charge is 2.32. The lowest BCUT2D eigenvalue weighted by Crippen LogP contribution is -2.31. The van der Waals surface area contributed by atoms with Crippen LogP contribution in [-0.2, 0) is 9.53 Å². The summed E-state index contributed by atoms with van der Waals surface area (Å²) in [6.07, 6.45) is 0.729. The van der Waals surface area contributed by atoms with Crippen molar-refractivity contribution in [2.75, 3.05) is 13.7 Å². The SMILES string of the molecule is COC(=O)C1CC(c2ccc(Br)o2)CN1. The third-order valence-corrected chi connectivity index (χ3v) is 3.04. The van der Waals surface area contributed by atoms with Crippen LogP contribution in [0.2, 0.25) is 0 Å². The fraction of sp³-hybridized carbons (Fsp3) is 0.500. The maximum atomic E-state index is 11.3. The molecular weight excluding hydrogens is 262 g/mol. The molecule has 15 heavy (non-hydrogen) atoms. The van der Waals surface area contributed by atoms with Gasteiger partial charge in [-0.1, -0.05) is 0 Å². The van der Waals surface area contributed by atoms with Gasteiger partial charge in [0.2, 0.25) is 0 Å². The average molecular weight is 274 g/mol. The molecule has 1 aliphatic heterocycles. The fourth-order valence-corrected chi connectivity index (χ4v) is 2.14. The Morgan fingerprint density at radius 1 is 1.67 bits per heavy atom. The molecule has 2 atom stereocenters. The Morgan fingerprint density at radius 3 is 3.07 bits per heavy atom. The van der Waals surface area contributed by atoms with E-state index in [1.165, 1.54) is 7.11 Å². The standard InChI is InChI=1S/C10H12BrNO3/c1-14-10(13)7-4-6(5-12-7)8-2-3-9(11)15-8/h2-3,6-7,12H,4-5H2,1H3. The van der Waals surface area contributed by atoms with E-state index >= 15 is 0 Å². The predicted molar refractivity (Wildman–Crippen MR) is 57.6 cm³/mol. The average Bonchev–Trinajstić information content (AvgIpc) is 2.84. The van der Waals surface area contributed by atoms with Gasteiger partial charge in [0.1, 0.15) is 11.8 Å². The van der Waals surface area contributed by atoms with Crippen LogP contribution in [-0.4, -0.2) is 25.7 Å². The Morgan fingerprint density at radius 2 is 2.47 bits per heavy atom. The highest BCUT2D eigenvalue weighted by atomic mass is 79.9. The van der Waals surface area contributed by atoms with Gasteiger partial charge in [-0.05, 0) is 34.5 Å². The molecule has 1 N–H and O–H groups in total. The third kappa shape index (κ3) is 2.23. The second-order valence-electron chi connectivity index (χ2n) is 3.56. The molecule has 0 spiro atoms. The van der Waals surface area contributed by atoms with Crippen molar-refractivity contribution in [2.24, 2.45) is 0 Å². The lowest BCUT2D eigenvalue weighted by Gasteiger charge is -2.06. The number of furan rings is 1. The second-order valence-corrected chi connectivity index (χ2v) is 4.34. The maximum Gasteiger partial charge on any atom is 0.322 e. The van der Waals surface area contributed by atoms with E-state index in [1.54, 1.807) is 0 Å². The molecule has 0 amide bonds. The first-order valence-corrected chi connectivity index (χ1v) is 5.56. The topological polar surface area (TPSA) is 51.5 Å². The number of methoxy groups -OCH3 is 1. The van der Waals surface area contributed by atoms with Gasteiger partial charge in [0.05, 0.1) is 7.11 Å². The highest BCUT2D eigenvalue weighted by Crippen LogP contribution is 2.29. The molecule has 2 rings (SSSR count). The van der Waals surface area contributed by atoms with Gasteiger partial charge in [-0.15, -0.1) is 0 Å². The molecule has 82 valence electrons. The van der Waals surface area contributed by atoms with Gasteiger partial charge in [-0.25, -0.2) is 0 Å². The molecule has 1 fully saturated rings. The number of esters is 1. The molecule has 4 nitrogen and oxygen atoms in total. The van der Waals surface area contributed by atoms with Gasteiger partial charge in [0.25, 0.3) is 0 Å². The minimum atomic E-state index is -0.205. The zero-order valence-corrected chi connectivity index (χ0v) is 9.91. The number of hydrogen-bond acceptors (Lipinski definition) is 4. The zero-order valence-electron chi connectivity index (χ0n) is 8.33. The molecule has 1 aromatic heterocycles. The molecule has 0 saturated carbocycles. The van der Waals surface area contributed by atoms with Gasteiger partial charge < -0.3 is 14.5 Å². The molecule has 2 heterocycles. The molecule has 1 aliphatic rings. The Hall–Kier alpha value is -0.810. The van der Waals surface area contributed by atoms with Crippen molar-refractivity contribution in [3.05, 3.63) is 22.6 Å². The van der Waals surface area contributed by atoms with E-state index in [9.17, 15) is 4.79 Å². The van der Waals surface area contributed by atoms with Crippen LogP contribution in [0.5, 0.6) is 0 Å². The van der Waals surface area contributed by atoms with Crippen LogP contribution in [0.15, 0.2) is 21.2 Å². The summed E-state index contributed by atoms with van der Waals surface area (Å²) in [5.74, 6) is 0.948. The van der Waals surface area contributed by atoms with Crippen LogP contribution in [0.1, 0.15) is 18.1 Å². The molecule has 0 radical (unpaired) electrons. The summed E-state index contributed by atoms with van der Waals surface area (Å²) >= 11 is 3.26. The molecule has 2 unspecified atom stereocenters. The van der Waals surface area contributed by atoms with Crippen molar-refractivity contribution >= 4 is 21.9 Å². The molecule has 0 aromatic carbocycles. The molecule has 1 aromatic rings. The zero-order chi connectivity index (χ0) is 10.8. The van der Waals surface area contributed by atoms with Crippen molar-refractivity contribution in [3.63, 3.8) is 0 Å². The number of nitrogens with one attached hydrogen (secondary N) is 1. The predicted octanol–water partition coefficient (Wildman–Crippen LogP) is 1.66. The number of halogens is 1. The van der Waals surface area contributed by atoms with E-state index in [1.807, 2.05) is 12.1 Å². The minimum absolute atomic E-state index is 0.205. The van der Waals surface area contributed by atoms with Crippen LogP contribution in [0, 0.1) is 0 Å². The summed E-state index contributed by atoms with van der Waals surface area (Å²) in [7, 11) is 1.40. The van der Waals surface area contributed by atoms with Gasteiger partial charge in [-0.3, -0.25) is 4.79 Å². The fourth-order valence-electron chi connectivity index (χ4n) is 1.82. The Bertz CT molecular complexity index is 363. The summed E-state index contributed by atoms with van der Waals surface area (Å²) in [4.78, 5) is 11.3. The number of hydrogen-bond donors (Lipinski definition) is 1. The second kappa shape index (κ2) is 4.37. The van der Waals surface area contributed by atoms with Crippen molar-refractivity contribution in [2.45, 2.75) is 18.4 Å². The summed E-state index contributed by atoms with van der Waals surface area (Å²) in [6, 6.07) is 3.58. The summed E-state index contributed by atoms with van der Waals surface area (Å²) in [5, 5.41) is 3.12. The van der Waals surface area contributed by atoms with Crippen LogP contribution < -0.4 is 5.32 Å². The third-order valence-electron chi connectivity index (χ3n) is 2.61. The van der Waals surface area contributed by atoms with Crippen molar-refractivity contribution in [1.29, 1.82) is 0 Å². The van der Waals surface area contributed by atoms with Gasteiger partial charge in [0, 0.05) is 12.5 Å². The van der Waals surface area contributed by atoms with Gasteiger partial charge in [0.15, 0.2) is 4.67 Å². The molecule has 0 bridgehead atoms. The monoisotopic (exact) mass is 273 g/mol. The van der Waals surface area contributed by atoms with Crippen LogP contribution in [0.4, 0.5) is 0 Å².